The van der Waals surface area contributed by atoms with Crippen molar-refractivity contribution in [3.8, 4) is 11.4 Å². The molecule has 0 bridgehead atoms. The smallest absolute Gasteiger partial charge is 0.227 e. The van der Waals surface area contributed by atoms with Gasteiger partial charge in [-0.3, -0.25) is 4.79 Å². The number of ether oxygens (including phenoxy) is 1. The summed E-state index contributed by atoms with van der Waals surface area (Å²) in [7, 11) is 3.41. The van der Waals surface area contributed by atoms with Gasteiger partial charge >= 0.3 is 0 Å². The second-order valence-electron chi connectivity index (χ2n) is 6.50. The number of nitrogens with one attached hydrogen (secondary N) is 1. The molecule has 142 valence electrons. The number of carbonyl (C=O) groups excluding carboxylic acids is 1. The first-order valence-electron chi connectivity index (χ1n) is 8.68. The van der Waals surface area contributed by atoms with Gasteiger partial charge in [-0.25, -0.2) is 9.37 Å². The Morgan fingerprint density at radius 3 is 2.81 bits per heavy atom. The molecule has 0 saturated heterocycles. The Bertz CT molecular complexity index is 980. The number of halogens is 1. The first kappa shape index (κ1) is 19.0. The fraction of sp³-hybridized carbons (Fsp3) is 0.300. The van der Waals surface area contributed by atoms with E-state index in [1.165, 1.54) is 19.2 Å². The average molecular weight is 370 g/mol. The third-order valence-electron chi connectivity index (χ3n) is 4.62. The van der Waals surface area contributed by atoms with Crippen LogP contribution in [0.5, 0.6) is 0 Å². The highest BCUT2D eigenvalue weighted by Gasteiger charge is 2.15. The summed E-state index contributed by atoms with van der Waals surface area (Å²) < 4.78 is 20.6. The number of benzene rings is 2. The van der Waals surface area contributed by atoms with Gasteiger partial charge < -0.3 is 20.4 Å². The van der Waals surface area contributed by atoms with Gasteiger partial charge in [0.05, 0.1) is 23.6 Å². The predicted octanol–water partition coefficient (Wildman–Crippen LogP) is 2.99. The summed E-state index contributed by atoms with van der Waals surface area (Å²) in [6.07, 6.45) is -0.134. The minimum Gasteiger partial charge on any atom is -0.380 e. The molecule has 0 saturated carbocycles. The molecule has 27 heavy (non-hydrogen) atoms. The number of anilines is 1. The summed E-state index contributed by atoms with van der Waals surface area (Å²) in [5.74, 6) is 0.207. The average Bonchev–Trinajstić information content (AvgIpc) is 2.97. The maximum absolute atomic E-state index is 13.5. The van der Waals surface area contributed by atoms with E-state index in [2.05, 4.69) is 10.3 Å². The predicted molar refractivity (Wildman–Crippen MR) is 104 cm³/mol. The second kappa shape index (κ2) is 7.85. The topological polar surface area (TPSA) is 82.2 Å². The molecule has 1 amide bonds. The zero-order chi connectivity index (χ0) is 19.6. The number of methoxy groups -OCH3 is 1. The van der Waals surface area contributed by atoms with E-state index in [0.29, 0.717) is 17.0 Å². The quantitative estimate of drug-likeness (QED) is 0.699. The fourth-order valence-electron chi connectivity index (χ4n) is 3.00. The van der Waals surface area contributed by atoms with E-state index in [-0.39, 0.29) is 30.8 Å². The van der Waals surface area contributed by atoms with Crippen molar-refractivity contribution in [1.29, 1.82) is 0 Å². The molecule has 3 aromatic rings. The summed E-state index contributed by atoms with van der Waals surface area (Å²) in [6.45, 7) is 2.19. The molecule has 1 atom stereocenters. The molecular formula is C20H23FN4O2. The molecule has 6 nitrogen and oxygen atoms in total. The highest BCUT2D eigenvalue weighted by molar-refractivity contribution is 5.92. The molecule has 7 heteroatoms. The van der Waals surface area contributed by atoms with Crippen LogP contribution in [0.1, 0.15) is 12.0 Å². The Balaban J connectivity index is 1.91. The standard InChI is InChI=1S/C20H23FN4O2/c1-12-4-5-13(8-16(12)23-19(26)10-15(11-22)27-3)20-24-17-9-14(21)6-7-18(17)25(20)2/h4-9,15H,10-11,22H2,1-3H3,(H,23,26). The molecule has 0 radical (unpaired) electrons. The van der Waals surface area contributed by atoms with Crippen molar-refractivity contribution < 1.29 is 13.9 Å². The molecule has 3 N–H and O–H groups in total. The van der Waals surface area contributed by atoms with Crippen molar-refractivity contribution in [3.05, 3.63) is 47.8 Å². The van der Waals surface area contributed by atoms with Crippen molar-refractivity contribution in [1.82, 2.24) is 9.55 Å². The highest BCUT2D eigenvalue weighted by atomic mass is 19.1. The summed E-state index contributed by atoms with van der Waals surface area (Å²) in [5, 5.41) is 2.91. The van der Waals surface area contributed by atoms with Gasteiger partial charge in [0.2, 0.25) is 5.91 Å². The first-order chi connectivity index (χ1) is 12.9. The van der Waals surface area contributed by atoms with Crippen LogP contribution < -0.4 is 11.1 Å². The fourth-order valence-corrected chi connectivity index (χ4v) is 3.00. The molecule has 0 spiro atoms. The van der Waals surface area contributed by atoms with Gasteiger partial charge in [-0.1, -0.05) is 12.1 Å². The van der Waals surface area contributed by atoms with Gasteiger partial charge in [-0.2, -0.15) is 0 Å². The zero-order valence-corrected chi connectivity index (χ0v) is 15.6. The molecule has 1 heterocycles. The molecule has 0 aliphatic heterocycles. The van der Waals surface area contributed by atoms with Crippen LogP contribution in [0.3, 0.4) is 0 Å². The lowest BCUT2D eigenvalue weighted by molar-refractivity contribution is -0.118. The lowest BCUT2D eigenvalue weighted by Gasteiger charge is -2.14. The van der Waals surface area contributed by atoms with E-state index in [0.717, 1.165) is 16.6 Å². The molecule has 2 aromatic carbocycles. The summed E-state index contributed by atoms with van der Waals surface area (Å²) in [6, 6.07) is 10.2. The van der Waals surface area contributed by atoms with E-state index in [1.807, 2.05) is 36.7 Å². The number of aryl methyl sites for hydroxylation is 2. The van der Waals surface area contributed by atoms with Crippen molar-refractivity contribution >= 4 is 22.6 Å². The first-order valence-corrected chi connectivity index (χ1v) is 8.68. The van der Waals surface area contributed by atoms with E-state index >= 15 is 0 Å². The maximum atomic E-state index is 13.5. The lowest BCUT2D eigenvalue weighted by Crippen LogP contribution is -2.28. The normalized spacial score (nSPS) is 12.3. The molecule has 0 aliphatic rings. The zero-order valence-electron chi connectivity index (χ0n) is 15.6. The van der Waals surface area contributed by atoms with Gasteiger partial charge in [0.1, 0.15) is 11.6 Å². The summed E-state index contributed by atoms with van der Waals surface area (Å²) >= 11 is 0. The number of aromatic nitrogens is 2. The van der Waals surface area contributed by atoms with E-state index in [4.69, 9.17) is 10.5 Å². The van der Waals surface area contributed by atoms with Gasteiger partial charge in [0.25, 0.3) is 0 Å². The van der Waals surface area contributed by atoms with Crippen LogP contribution in [0.2, 0.25) is 0 Å². The third-order valence-corrected chi connectivity index (χ3v) is 4.62. The number of hydrogen-bond acceptors (Lipinski definition) is 4. The van der Waals surface area contributed by atoms with Gasteiger partial charge in [-0.15, -0.1) is 0 Å². The van der Waals surface area contributed by atoms with Crippen LogP contribution in [0.15, 0.2) is 36.4 Å². The number of nitrogens with zero attached hydrogens (tertiary/aromatic N) is 2. The largest absolute Gasteiger partial charge is 0.380 e. The van der Waals surface area contributed by atoms with Crippen molar-refractivity contribution in [2.24, 2.45) is 12.8 Å². The van der Waals surface area contributed by atoms with Crippen LogP contribution in [0.25, 0.3) is 22.4 Å². The van der Waals surface area contributed by atoms with Crippen LogP contribution >= 0.6 is 0 Å². The number of hydrogen-bond donors (Lipinski definition) is 2. The van der Waals surface area contributed by atoms with Crippen LogP contribution in [0, 0.1) is 12.7 Å². The molecule has 1 aromatic heterocycles. The monoisotopic (exact) mass is 370 g/mol. The molecule has 0 fully saturated rings. The number of imidazole rings is 1. The van der Waals surface area contributed by atoms with E-state index < -0.39 is 0 Å². The number of carbonyl (C=O) groups is 1. The SMILES string of the molecule is COC(CN)CC(=O)Nc1cc(-c2nc3cc(F)ccc3n2C)ccc1C. The van der Waals surface area contributed by atoms with Crippen molar-refractivity contribution in [3.63, 3.8) is 0 Å². The lowest BCUT2D eigenvalue weighted by atomic mass is 10.1. The Hall–Kier alpha value is -2.77. The minimum absolute atomic E-state index is 0.167. The van der Waals surface area contributed by atoms with Crippen LogP contribution in [-0.2, 0) is 16.6 Å². The summed E-state index contributed by atoms with van der Waals surface area (Å²) in [5.41, 5.74) is 9.46. The molecular weight excluding hydrogens is 347 g/mol. The number of rotatable bonds is 6. The Kier molecular flexibility index (Phi) is 5.53. The maximum Gasteiger partial charge on any atom is 0.227 e. The summed E-state index contributed by atoms with van der Waals surface area (Å²) in [4.78, 5) is 16.8. The number of fused-ring (bicyclic) bond motifs is 1. The number of nitrogens with two attached hydrogens (primary N) is 1. The molecule has 1 unspecified atom stereocenters. The van der Waals surface area contributed by atoms with Crippen LogP contribution in [-0.4, -0.2) is 35.2 Å². The van der Waals surface area contributed by atoms with Gasteiger partial charge in [0.15, 0.2) is 0 Å². The Morgan fingerprint density at radius 2 is 2.11 bits per heavy atom. The minimum atomic E-state index is -0.323. The second-order valence-corrected chi connectivity index (χ2v) is 6.50. The Morgan fingerprint density at radius 1 is 1.33 bits per heavy atom. The molecule has 0 aliphatic carbocycles. The Labute approximate surface area is 157 Å². The van der Waals surface area contributed by atoms with Crippen LogP contribution in [0.4, 0.5) is 10.1 Å². The van der Waals surface area contributed by atoms with E-state index in [1.54, 1.807) is 6.07 Å². The van der Waals surface area contributed by atoms with Crippen molar-refractivity contribution in [2.75, 3.05) is 19.0 Å². The van der Waals surface area contributed by atoms with Gasteiger partial charge in [0, 0.05) is 38.0 Å². The van der Waals surface area contributed by atoms with Crippen molar-refractivity contribution in [2.45, 2.75) is 19.4 Å². The third kappa shape index (κ3) is 3.99. The number of amides is 1. The molecule has 3 rings (SSSR count). The highest BCUT2D eigenvalue weighted by Crippen LogP contribution is 2.28. The van der Waals surface area contributed by atoms with E-state index in [9.17, 15) is 9.18 Å². The van der Waals surface area contributed by atoms with Gasteiger partial charge in [-0.05, 0) is 30.7 Å².